The Bertz CT molecular complexity index is 721. The predicted molar refractivity (Wildman–Crippen MR) is 80.1 cm³/mol. The first kappa shape index (κ1) is 14.3. The lowest BCUT2D eigenvalue weighted by Crippen LogP contribution is -2.47. The number of hydrogen-bond acceptors (Lipinski definition) is 4. The summed E-state index contributed by atoms with van der Waals surface area (Å²) in [5, 5.41) is 6.84. The molecule has 6 nitrogen and oxygen atoms in total. The van der Waals surface area contributed by atoms with Crippen LogP contribution in [0.4, 0.5) is 0 Å². The maximum absolute atomic E-state index is 12.4. The third-order valence-corrected chi connectivity index (χ3v) is 3.57. The van der Waals surface area contributed by atoms with Crippen LogP contribution in [0.5, 0.6) is 5.75 Å². The van der Waals surface area contributed by atoms with E-state index in [1.807, 2.05) is 19.9 Å². The molecular formula is C16H17N3O3. The predicted octanol–water partition coefficient (Wildman–Crippen LogP) is 1.84. The molecule has 1 aliphatic heterocycles. The van der Waals surface area contributed by atoms with E-state index in [2.05, 4.69) is 10.4 Å². The number of carbonyl (C=O) groups excluding carboxylic acids is 2. The summed E-state index contributed by atoms with van der Waals surface area (Å²) in [5.74, 6) is 0.102. The van der Waals surface area contributed by atoms with Gasteiger partial charge < -0.3 is 10.1 Å². The van der Waals surface area contributed by atoms with Gasteiger partial charge in [0.25, 0.3) is 5.91 Å². The van der Waals surface area contributed by atoms with Crippen LogP contribution in [0.2, 0.25) is 0 Å². The topological polar surface area (TPSA) is 73.2 Å². The van der Waals surface area contributed by atoms with Gasteiger partial charge in [-0.05, 0) is 26.0 Å². The minimum Gasteiger partial charge on any atom is -0.490 e. The summed E-state index contributed by atoms with van der Waals surface area (Å²) in [4.78, 5) is 24.6. The SMILES string of the molecule is CC(C)n1cc(C(=O)N[C@H]2COc3ccccc3C2=O)cn1. The number of benzene rings is 1. The van der Waals surface area contributed by atoms with Gasteiger partial charge in [0.1, 0.15) is 18.4 Å². The number of ketones is 1. The number of ether oxygens (including phenoxy) is 1. The standard InChI is InChI=1S/C16H17N3O3/c1-10(2)19-8-11(7-17-19)16(21)18-13-9-22-14-6-4-3-5-12(14)15(13)20/h3-8,10,13H,9H2,1-2H3,(H,18,21)/t13-/m0/s1. The molecule has 1 aliphatic rings. The molecule has 0 spiro atoms. The molecule has 1 aromatic heterocycles. The summed E-state index contributed by atoms with van der Waals surface area (Å²) in [6.45, 7) is 4.09. The van der Waals surface area contributed by atoms with Gasteiger partial charge in [0.05, 0.1) is 17.3 Å². The van der Waals surface area contributed by atoms with Crippen molar-refractivity contribution in [2.75, 3.05) is 6.61 Å². The second-order valence-electron chi connectivity index (χ2n) is 5.50. The summed E-state index contributed by atoms with van der Waals surface area (Å²) in [6.07, 6.45) is 3.17. The third-order valence-electron chi connectivity index (χ3n) is 3.57. The number of nitrogens with zero attached hydrogens (tertiary/aromatic N) is 2. The number of nitrogens with one attached hydrogen (secondary N) is 1. The lowest BCUT2D eigenvalue weighted by atomic mass is 10.0. The summed E-state index contributed by atoms with van der Waals surface area (Å²) in [5.41, 5.74) is 0.928. The Hall–Kier alpha value is -2.63. The molecule has 3 rings (SSSR count). The maximum atomic E-state index is 12.4. The number of para-hydroxylation sites is 1. The zero-order valence-electron chi connectivity index (χ0n) is 12.4. The number of Topliss-reactive ketones (excluding diaryl/α,β-unsaturated/α-hetero) is 1. The van der Waals surface area contributed by atoms with Crippen LogP contribution in [0.15, 0.2) is 36.7 Å². The molecule has 1 N–H and O–H groups in total. The molecule has 22 heavy (non-hydrogen) atoms. The Morgan fingerprint density at radius 2 is 2.18 bits per heavy atom. The van der Waals surface area contributed by atoms with Crippen molar-refractivity contribution in [3.8, 4) is 5.75 Å². The molecule has 114 valence electrons. The van der Waals surface area contributed by atoms with Crippen LogP contribution in [0.3, 0.4) is 0 Å². The summed E-state index contributed by atoms with van der Waals surface area (Å²) in [6, 6.07) is 6.53. The molecule has 0 fully saturated rings. The van der Waals surface area contributed by atoms with Crippen molar-refractivity contribution >= 4 is 11.7 Å². The molecule has 1 amide bonds. The molecule has 1 atom stereocenters. The average molecular weight is 299 g/mol. The largest absolute Gasteiger partial charge is 0.490 e. The fourth-order valence-electron chi connectivity index (χ4n) is 2.32. The second-order valence-corrected chi connectivity index (χ2v) is 5.50. The van der Waals surface area contributed by atoms with Crippen LogP contribution in [-0.2, 0) is 0 Å². The van der Waals surface area contributed by atoms with Crippen molar-refractivity contribution in [1.82, 2.24) is 15.1 Å². The Labute approximate surface area is 128 Å². The molecule has 2 heterocycles. The fourth-order valence-corrected chi connectivity index (χ4v) is 2.32. The van der Waals surface area contributed by atoms with E-state index in [1.165, 1.54) is 6.20 Å². The minimum absolute atomic E-state index is 0.133. The first-order chi connectivity index (χ1) is 10.6. The van der Waals surface area contributed by atoms with Crippen molar-refractivity contribution in [3.63, 3.8) is 0 Å². The van der Waals surface area contributed by atoms with Crippen LogP contribution in [-0.4, -0.2) is 34.1 Å². The summed E-state index contributed by atoms with van der Waals surface area (Å²) < 4.78 is 7.23. The summed E-state index contributed by atoms with van der Waals surface area (Å²) >= 11 is 0. The normalized spacial score (nSPS) is 17.0. The Kier molecular flexibility index (Phi) is 3.66. The number of rotatable bonds is 3. The van der Waals surface area contributed by atoms with Crippen molar-refractivity contribution < 1.29 is 14.3 Å². The van der Waals surface area contributed by atoms with E-state index < -0.39 is 6.04 Å². The van der Waals surface area contributed by atoms with Gasteiger partial charge in [0.2, 0.25) is 0 Å². The van der Waals surface area contributed by atoms with Gasteiger partial charge in [0, 0.05) is 12.2 Å². The van der Waals surface area contributed by atoms with Gasteiger partial charge in [-0.15, -0.1) is 0 Å². The number of aromatic nitrogens is 2. The molecular weight excluding hydrogens is 282 g/mol. The van der Waals surface area contributed by atoms with Crippen molar-refractivity contribution in [3.05, 3.63) is 47.8 Å². The highest BCUT2D eigenvalue weighted by molar-refractivity contribution is 6.06. The molecule has 0 bridgehead atoms. The first-order valence-corrected chi connectivity index (χ1v) is 7.17. The van der Waals surface area contributed by atoms with Gasteiger partial charge in [-0.2, -0.15) is 5.10 Å². The maximum Gasteiger partial charge on any atom is 0.255 e. The van der Waals surface area contributed by atoms with Crippen molar-refractivity contribution in [2.45, 2.75) is 25.9 Å². The number of hydrogen-bond donors (Lipinski definition) is 1. The van der Waals surface area contributed by atoms with E-state index in [1.54, 1.807) is 29.1 Å². The number of fused-ring (bicyclic) bond motifs is 1. The zero-order valence-corrected chi connectivity index (χ0v) is 12.4. The number of amides is 1. The van der Waals surface area contributed by atoms with E-state index in [-0.39, 0.29) is 24.3 Å². The minimum atomic E-state index is -0.676. The monoisotopic (exact) mass is 299 g/mol. The molecule has 0 saturated heterocycles. The Morgan fingerprint density at radius 3 is 2.91 bits per heavy atom. The molecule has 0 aliphatic carbocycles. The highest BCUT2D eigenvalue weighted by Crippen LogP contribution is 2.24. The van der Waals surface area contributed by atoms with Gasteiger partial charge in [-0.3, -0.25) is 14.3 Å². The molecule has 0 saturated carbocycles. The molecule has 0 radical (unpaired) electrons. The smallest absolute Gasteiger partial charge is 0.255 e. The van der Waals surface area contributed by atoms with Crippen LogP contribution >= 0.6 is 0 Å². The molecule has 0 unspecified atom stereocenters. The molecule has 1 aromatic carbocycles. The highest BCUT2D eigenvalue weighted by atomic mass is 16.5. The first-order valence-electron chi connectivity index (χ1n) is 7.17. The van der Waals surface area contributed by atoms with Crippen molar-refractivity contribution in [1.29, 1.82) is 0 Å². The van der Waals surface area contributed by atoms with E-state index in [0.29, 0.717) is 16.9 Å². The van der Waals surface area contributed by atoms with E-state index in [0.717, 1.165) is 0 Å². The second kappa shape index (κ2) is 5.63. The average Bonchev–Trinajstić information content (AvgIpc) is 3.00. The highest BCUT2D eigenvalue weighted by Gasteiger charge is 2.30. The fraction of sp³-hybridized carbons (Fsp3) is 0.312. The van der Waals surface area contributed by atoms with Gasteiger partial charge >= 0.3 is 0 Å². The lowest BCUT2D eigenvalue weighted by molar-refractivity contribution is 0.0795. The van der Waals surface area contributed by atoms with Gasteiger partial charge in [-0.1, -0.05) is 12.1 Å². The lowest BCUT2D eigenvalue weighted by Gasteiger charge is -2.24. The van der Waals surface area contributed by atoms with Crippen LogP contribution in [0.25, 0.3) is 0 Å². The zero-order chi connectivity index (χ0) is 15.7. The quantitative estimate of drug-likeness (QED) is 0.938. The summed E-state index contributed by atoms with van der Waals surface area (Å²) in [7, 11) is 0. The Morgan fingerprint density at radius 1 is 1.41 bits per heavy atom. The Balaban J connectivity index is 1.73. The van der Waals surface area contributed by atoms with E-state index >= 15 is 0 Å². The third kappa shape index (κ3) is 2.59. The molecule has 2 aromatic rings. The van der Waals surface area contributed by atoms with Crippen LogP contribution < -0.4 is 10.1 Å². The van der Waals surface area contributed by atoms with Gasteiger partial charge in [0.15, 0.2) is 5.78 Å². The van der Waals surface area contributed by atoms with Gasteiger partial charge in [-0.25, -0.2) is 0 Å². The van der Waals surface area contributed by atoms with Crippen LogP contribution in [0, 0.1) is 0 Å². The van der Waals surface area contributed by atoms with Crippen molar-refractivity contribution in [2.24, 2.45) is 0 Å². The van der Waals surface area contributed by atoms with Crippen LogP contribution in [0.1, 0.15) is 40.6 Å². The van der Waals surface area contributed by atoms with E-state index in [9.17, 15) is 9.59 Å². The number of carbonyl (C=O) groups is 2. The van der Waals surface area contributed by atoms with E-state index in [4.69, 9.17) is 4.74 Å². The molecule has 6 heteroatoms.